The standard InChI is InChI=1S/C27H33NO3/c1-20(2)25(22-11-13-24(30-3)14-12-22)15-16-28-27(29)19-23(26-10-7-17-31-26)18-21-8-5-4-6-9-21/h4-14,17,20,23,25H,15-16,18-19H2,1-3H3,(H,28,29)/t23-,25+/m1/s1. The molecular formula is C27H33NO3. The highest BCUT2D eigenvalue weighted by molar-refractivity contribution is 5.76. The van der Waals surface area contributed by atoms with Crippen molar-refractivity contribution < 1.29 is 13.9 Å². The molecule has 0 saturated carbocycles. The quantitative estimate of drug-likeness (QED) is 0.418. The smallest absolute Gasteiger partial charge is 0.220 e. The van der Waals surface area contributed by atoms with E-state index in [2.05, 4.69) is 43.4 Å². The van der Waals surface area contributed by atoms with E-state index in [-0.39, 0.29) is 11.8 Å². The predicted octanol–water partition coefficient (Wildman–Crippen LogP) is 5.95. The van der Waals surface area contributed by atoms with E-state index in [1.54, 1.807) is 13.4 Å². The fourth-order valence-corrected chi connectivity index (χ4v) is 4.09. The topological polar surface area (TPSA) is 51.5 Å². The molecule has 0 radical (unpaired) electrons. The molecule has 4 heteroatoms. The lowest BCUT2D eigenvalue weighted by Crippen LogP contribution is -2.28. The van der Waals surface area contributed by atoms with Gasteiger partial charge < -0.3 is 14.5 Å². The number of methoxy groups -OCH3 is 1. The van der Waals surface area contributed by atoms with Crippen molar-refractivity contribution in [1.29, 1.82) is 0 Å². The Hall–Kier alpha value is -3.01. The molecule has 3 aromatic rings. The summed E-state index contributed by atoms with van der Waals surface area (Å²) in [6.45, 7) is 5.11. The van der Waals surface area contributed by atoms with Crippen LogP contribution in [-0.4, -0.2) is 19.6 Å². The molecule has 2 atom stereocenters. The molecular weight excluding hydrogens is 386 g/mol. The van der Waals surface area contributed by atoms with Crippen LogP contribution in [0.1, 0.15) is 55.4 Å². The molecule has 0 fully saturated rings. The molecule has 3 rings (SSSR count). The number of amides is 1. The molecule has 1 heterocycles. The van der Waals surface area contributed by atoms with Crippen molar-refractivity contribution in [2.75, 3.05) is 13.7 Å². The Bertz CT molecular complexity index is 901. The minimum Gasteiger partial charge on any atom is -0.497 e. The van der Waals surface area contributed by atoms with Crippen molar-refractivity contribution in [3.05, 3.63) is 89.9 Å². The second-order valence-corrected chi connectivity index (χ2v) is 8.37. The van der Waals surface area contributed by atoms with Gasteiger partial charge in [-0.25, -0.2) is 0 Å². The van der Waals surface area contributed by atoms with Gasteiger partial charge in [0.15, 0.2) is 0 Å². The number of hydrogen-bond donors (Lipinski definition) is 1. The van der Waals surface area contributed by atoms with Crippen LogP contribution in [0.5, 0.6) is 5.75 Å². The lowest BCUT2D eigenvalue weighted by atomic mass is 9.85. The first-order valence-electron chi connectivity index (χ1n) is 11.0. The number of benzene rings is 2. The van der Waals surface area contributed by atoms with Gasteiger partial charge in [0.2, 0.25) is 5.91 Å². The van der Waals surface area contributed by atoms with Crippen LogP contribution < -0.4 is 10.1 Å². The van der Waals surface area contributed by atoms with Crippen LogP contribution in [0.15, 0.2) is 77.4 Å². The van der Waals surface area contributed by atoms with Gasteiger partial charge >= 0.3 is 0 Å². The van der Waals surface area contributed by atoms with E-state index in [0.717, 1.165) is 24.4 Å². The fourth-order valence-electron chi connectivity index (χ4n) is 4.09. The van der Waals surface area contributed by atoms with Gasteiger partial charge in [-0.15, -0.1) is 0 Å². The largest absolute Gasteiger partial charge is 0.497 e. The summed E-state index contributed by atoms with van der Waals surface area (Å²) in [5.74, 6) is 2.68. The van der Waals surface area contributed by atoms with Gasteiger partial charge in [0.1, 0.15) is 11.5 Å². The maximum atomic E-state index is 12.7. The molecule has 1 N–H and O–H groups in total. The number of ether oxygens (including phenoxy) is 1. The van der Waals surface area contributed by atoms with Crippen LogP contribution in [-0.2, 0) is 11.2 Å². The van der Waals surface area contributed by atoms with Crippen molar-refractivity contribution in [1.82, 2.24) is 5.32 Å². The van der Waals surface area contributed by atoms with Gasteiger partial charge in [0, 0.05) is 18.9 Å². The van der Waals surface area contributed by atoms with Crippen molar-refractivity contribution >= 4 is 5.91 Å². The van der Waals surface area contributed by atoms with Gasteiger partial charge in [0.05, 0.1) is 13.4 Å². The third-order valence-corrected chi connectivity index (χ3v) is 5.83. The monoisotopic (exact) mass is 419 g/mol. The molecule has 0 aliphatic heterocycles. The van der Waals surface area contributed by atoms with Crippen molar-refractivity contribution in [2.24, 2.45) is 5.92 Å². The Labute approximate surface area is 185 Å². The minimum absolute atomic E-state index is 0.0277. The van der Waals surface area contributed by atoms with Crippen LogP contribution in [0, 0.1) is 5.92 Å². The number of carbonyl (C=O) groups is 1. The highest BCUT2D eigenvalue weighted by Crippen LogP contribution is 2.29. The van der Waals surface area contributed by atoms with E-state index in [9.17, 15) is 4.79 Å². The van der Waals surface area contributed by atoms with E-state index in [0.29, 0.717) is 24.8 Å². The van der Waals surface area contributed by atoms with Crippen LogP contribution in [0.2, 0.25) is 0 Å². The van der Waals surface area contributed by atoms with Gasteiger partial charge in [-0.1, -0.05) is 56.3 Å². The molecule has 0 aliphatic carbocycles. The Kier molecular flexibility index (Phi) is 8.34. The van der Waals surface area contributed by atoms with Gasteiger partial charge in [-0.2, -0.15) is 0 Å². The molecule has 1 amide bonds. The first-order valence-corrected chi connectivity index (χ1v) is 11.0. The number of nitrogens with one attached hydrogen (secondary N) is 1. The summed E-state index contributed by atoms with van der Waals surface area (Å²) in [4.78, 5) is 12.7. The molecule has 0 saturated heterocycles. The average molecular weight is 420 g/mol. The number of hydrogen-bond acceptors (Lipinski definition) is 3. The van der Waals surface area contributed by atoms with E-state index >= 15 is 0 Å². The number of rotatable bonds is 11. The lowest BCUT2D eigenvalue weighted by Gasteiger charge is -2.22. The zero-order valence-electron chi connectivity index (χ0n) is 18.7. The summed E-state index contributed by atoms with van der Waals surface area (Å²) in [6.07, 6.45) is 3.77. The van der Waals surface area contributed by atoms with Gasteiger partial charge in [-0.05, 0) is 60.1 Å². The minimum atomic E-state index is 0.0277. The normalized spacial score (nSPS) is 13.0. The molecule has 164 valence electrons. The molecule has 0 bridgehead atoms. The maximum Gasteiger partial charge on any atom is 0.220 e. The predicted molar refractivity (Wildman–Crippen MR) is 124 cm³/mol. The molecule has 31 heavy (non-hydrogen) atoms. The number of carbonyl (C=O) groups excluding carboxylic acids is 1. The molecule has 0 spiro atoms. The van der Waals surface area contributed by atoms with E-state index in [1.807, 2.05) is 42.5 Å². The van der Waals surface area contributed by atoms with E-state index in [4.69, 9.17) is 9.15 Å². The van der Waals surface area contributed by atoms with Crippen LogP contribution in [0.4, 0.5) is 0 Å². The maximum absolute atomic E-state index is 12.7. The van der Waals surface area contributed by atoms with Crippen LogP contribution in [0.25, 0.3) is 0 Å². The number of furan rings is 1. The average Bonchev–Trinajstić information content (AvgIpc) is 3.32. The summed E-state index contributed by atoms with van der Waals surface area (Å²) in [5, 5.41) is 3.13. The second-order valence-electron chi connectivity index (χ2n) is 8.37. The van der Waals surface area contributed by atoms with Crippen LogP contribution >= 0.6 is 0 Å². The van der Waals surface area contributed by atoms with Crippen molar-refractivity contribution in [2.45, 2.75) is 44.9 Å². The Morgan fingerprint density at radius 3 is 2.35 bits per heavy atom. The van der Waals surface area contributed by atoms with Crippen molar-refractivity contribution in [3.8, 4) is 5.75 Å². The molecule has 0 unspecified atom stereocenters. The summed E-state index contributed by atoms with van der Waals surface area (Å²) in [6, 6.07) is 22.3. The highest BCUT2D eigenvalue weighted by Gasteiger charge is 2.20. The SMILES string of the molecule is COc1ccc([C@@H](CCNC(=O)C[C@@H](Cc2ccccc2)c2ccco2)C(C)C)cc1. The zero-order chi connectivity index (χ0) is 22.1. The summed E-state index contributed by atoms with van der Waals surface area (Å²) >= 11 is 0. The highest BCUT2D eigenvalue weighted by atomic mass is 16.5. The summed E-state index contributed by atoms with van der Waals surface area (Å²) in [5.41, 5.74) is 2.48. The van der Waals surface area contributed by atoms with Gasteiger partial charge in [0.25, 0.3) is 0 Å². The zero-order valence-corrected chi connectivity index (χ0v) is 18.7. The molecule has 1 aromatic heterocycles. The fraction of sp³-hybridized carbons (Fsp3) is 0.370. The Balaban J connectivity index is 1.56. The van der Waals surface area contributed by atoms with E-state index in [1.165, 1.54) is 11.1 Å². The Morgan fingerprint density at radius 2 is 1.74 bits per heavy atom. The Morgan fingerprint density at radius 1 is 1.00 bits per heavy atom. The second kappa shape index (κ2) is 11.4. The van der Waals surface area contributed by atoms with Crippen molar-refractivity contribution in [3.63, 3.8) is 0 Å². The lowest BCUT2D eigenvalue weighted by molar-refractivity contribution is -0.121. The molecule has 0 aliphatic rings. The summed E-state index contributed by atoms with van der Waals surface area (Å²) in [7, 11) is 1.68. The van der Waals surface area contributed by atoms with E-state index < -0.39 is 0 Å². The molecule has 4 nitrogen and oxygen atoms in total. The van der Waals surface area contributed by atoms with Gasteiger partial charge in [-0.3, -0.25) is 4.79 Å². The van der Waals surface area contributed by atoms with Crippen LogP contribution in [0.3, 0.4) is 0 Å². The molecule has 2 aromatic carbocycles. The third-order valence-electron chi connectivity index (χ3n) is 5.83. The summed E-state index contributed by atoms with van der Waals surface area (Å²) < 4.78 is 10.9. The third kappa shape index (κ3) is 6.74. The first-order chi connectivity index (χ1) is 15.1. The first kappa shape index (κ1) is 22.7.